The molecule has 0 amide bonds. The molecule has 1 spiro atoms. The summed E-state index contributed by atoms with van der Waals surface area (Å²) in [4.78, 5) is 24.6. The van der Waals surface area contributed by atoms with Gasteiger partial charge in [0.1, 0.15) is 23.0 Å². The second-order valence-electron chi connectivity index (χ2n) is 7.12. The number of aliphatic carboxylic acids is 1. The van der Waals surface area contributed by atoms with Gasteiger partial charge >= 0.3 is 11.9 Å². The Bertz CT molecular complexity index is 1230. The highest BCUT2D eigenvalue weighted by Crippen LogP contribution is 2.61. The van der Waals surface area contributed by atoms with E-state index in [2.05, 4.69) is 0 Å². The monoisotopic (exact) mass is 446 g/mol. The van der Waals surface area contributed by atoms with Gasteiger partial charge in [-0.15, -0.1) is 0 Å². The second-order valence-corrected chi connectivity index (χ2v) is 7.91. The molecule has 2 aliphatic heterocycles. The van der Waals surface area contributed by atoms with Crippen molar-refractivity contribution in [2.45, 2.75) is 12.0 Å². The van der Waals surface area contributed by atoms with E-state index in [0.29, 0.717) is 11.1 Å². The number of phenols is 2. The molecule has 3 aliphatic rings. The van der Waals surface area contributed by atoms with Crippen LogP contribution in [0.15, 0.2) is 52.6 Å². The van der Waals surface area contributed by atoms with E-state index in [0.717, 1.165) is 0 Å². The van der Waals surface area contributed by atoms with Crippen LogP contribution in [0.5, 0.6) is 23.0 Å². The Morgan fingerprint density at radius 3 is 2.57 bits per heavy atom. The first kappa shape index (κ1) is 18.8. The number of phenolic OH excluding ortho intramolecular Hbond substituents is 2. The number of fused-ring (bicyclic) bond motifs is 6. The molecule has 1 saturated heterocycles. The van der Waals surface area contributed by atoms with E-state index in [4.69, 9.17) is 32.7 Å². The van der Waals surface area contributed by atoms with Gasteiger partial charge in [-0.25, -0.2) is 4.79 Å². The van der Waals surface area contributed by atoms with Gasteiger partial charge in [0.2, 0.25) is 0 Å². The van der Waals surface area contributed by atoms with Crippen LogP contribution < -0.4 is 4.74 Å². The van der Waals surface area contributed by atoms with Crippen LogP contribution in [0.4, 0.5) is 0 Å². The van der Waals surface area contributed by atoms with Gasteiger partial charge in [0.05, 0.1) is 21.5 Å². The fraction of sp³-hybridized carbons (Fsp3) is 0.143. The molecule has 0 radical (unpaired) electrons. The molecule has 2 aromatic rings. The lowest BCUT2D eigenvalue weighted by Gasteiger charge is -2.38. The number of carboxylic acids is 1. The van der Waals surface area contributed by atoms with Gasteiger partial charge in [-0.05, 0) is 24.6 Å². The molecule has 30 heavy (non-hydrogen) atoms. The zero-order chi connectivity index (χ0) is 21.4. The maximum Gasteiger partial charge on any atom is 0.336 e. The van der Waals surface area contributed by atoms with Crippen molar-refractivity contribution < 1.29 is 34.4 Å². The second kappa shape index (κ2) is 6.17. The highest BCUT2D eigenvalue weighted by atomic mass is 35.5. The lowest BCUT2D eigenvalue weighted by atomic mass is 9.72. The van der Waals surface area contributed by atoms with Gasteiger partial charge in [0.25, 0.3) is 0 Å². The predicted molar refractivity (Wildman–Crippen MR) is 105 cm³/mol. The number of carboxylic acid groups (broad SMARTS) is 1. The summed E-state index contributed by atoms with van der Waals surface area (Å²) >= 11 is 12.7. The van der Waals surface area contributed by atoms with Crippen molar-refractivity contribution in [2.24, 2.45) is 5.92 Å². The fourth-order valence-corrected chi connectivity index (χ4v) is 4.85. The minimum absolute atomic E-state index is 0.0139. The van der Waals surface area contributed by atoms with Crippen molar-refractivity contribution in [1.82, 2.24) is 0 Å². The van der Waals surface area contributed by atoms with Crippen molar-refractivity contribution in [3.8, 4) is 23.0 Å². The van der Waals surface area contributed by atoms with Crippen molar-refractivity contribution in [2.75, 3.05) is 0 Å². The summed E-state index contributed by atoms with van der Waals surface area (Å²) in [5.74, 6) is -2.68. The molecule has 0 aromatic heterocycles. The van der Waals surface area contributed by atoms with Gasteiger partial charge < -0.3 is 24.8 Å². The third kappa shape index (κ3) is 2.33. The van der Waals surface area contributed by atoms with E-state index in [1.807, 2.05) is 0 Å². The maximum absolute atomic E-state index is 12.9. The number of hydrogen-bond acceptors (Lipinski definition) is 6. The van der Waals surface area contributed by atoms with Crippen LogP contribution in [0, 0.1) is 5.92 Å². The number of allylic oxidation sites excluding steroid dienone is 1. The average molecular weight is 447 g/mol. The summed E-state index contributed by atoms with van der Waals surface area (Å²) in [6, 6.07) is 6.90. The molecule has 1 aliphatic carbocycles. The first-order valence-electron chi connectivity index (χ1n) is 8.85. The number of hydrogen-bond donors (Lipinski definition) is 3. The summed E-state index contributed by atoms with van der Waals surface area (Å²) in [5, 5.41) is 29.4. The highest BCUT2D eigenvalue weighted by Gasteiger charge is 2.60. The van der Waals surface area contributed by atoms with Crippen LogP contribution >= 0.6 is 23.2 Å². The topological polar surface area (TPSA) is 113 Å². The highest BCUT2D eigenvalue weighted by molar-refractivity contribution is 6.36. The lowest BCUT2D eigenvalue weighted by Crippen LogP contribution is -2.34. The quantitative estimate of drug-likeness (QED) is 0.562. The number of benzene rings is 2. The number of esters is 1. The SMILES string of the molecule is O=C(O)C1=CCC2C(=O)OC3(C2=C1Cl)c1ccc(O)cc1Oc1cc(O)c(Cl)cc13. The molecule has 9 heteroatoms. The Hall–Kier alpha value is -3.16. The molecular weight excluding hydrogens is 435 g/mol. The summed E-state index contributed by atoms with van der Waals surface area (Å²) in [6.45, 7) is 0. The van der Waals surface area contributed by atoms with E-state index in [9.17, 15) is 24.9 Å². The zero-order valence-corrected chi connectivity index (χ0v) is 16.5. The van der Waals surface area contributed by atoms with Crippen LogP contribution in [0.25, 0.3) is 0 Å². The minimum atomic E-state index is -1.62. The molecule has 152 valence electrons. The van der Waals surface area contributed by atoms with E-state index in [1.165, 1.54) is 36.4 Å². The van der Waals surface area contributed by atoms with Crippen LogP contribution in [0.2, 0.25) is 5.02 Å². The van der Waals surface area contributed by atoms with E-state index < -0.39 is 23.5 Å². The molecule has 3 N–H and O–H groups in total. The number of rotatable bonds is 1. The summed E-state index contributed by atoms with van der Waals surface area (Å²) in [5.41, 5.74) is -0.864. The van der Waals surface area contributed by atoms with Gasteiger partial charge in [-0.3, -0.25) is 4.79 Å². The number of halogens is 2. The van der Waals surface area contributed by atoms with E-state index >= 15 is 0 Å². The first-order chi connectivity index (χ1) is 14.2. The molecule has 2 atom stereocenters. The normalized spacial score (nSPS) is 23.9. The molecule has 2 aromatic carbocycles. The fourth-order valence-electron chi connectivity index (χ4n) is 4.27. The Morgan fingerprint density at radius 2 is 1.83 bits per heavy atom. The smallest absolute Gasteiger partial charge is 0.336 e. The molecule has 0 saturated carbocycles. The van der Waals surface area contributed by atoms with Crippen LogP contribution in [0.1, 0.15) is 17.5 Å². The third-order valence-corrected chi connectivity index (χ3v) is 6.23. The molecule has 7 nitrogen and oxygen atoms in total. The number of carbonyl (C=O) groups is 2. The van der Waals surface area contributed by atoms with Gasteiger partial charge in [0, 0.05) is 28.8 Å². The van der Waals surface area contributed by atoms with Gasteiger partial charge in [-0.2, -0.15) is 0 Å². The van der Waals surface area contributed by atoms with Gasteiger partial charge in [0.15, 0.2) is 5.60 Å². The Labute approximate surface area is 179 Å². The van der Waals surface area contributed by atoms with Crippen molar-refractivity contribution in [3.63, 3.8) is 0 Å². The Kier molecular flexibility index (Phi) is 3.87. The lowest BCUT2D eigenvalue weighted by molar-refractivity contribution is -0.148. The van der Waals surface area contributed by atoms with Crippen LogP contribution in [-0.2, 0) is 19.9 Å². The van der Waals surface area contributed by atoms with E-state index in [1.54, 1.807) is 0 Å². The summed E-state index contributed by atoms with van der Waals surface area (Å²) in [7, 11) is 0. The Balaban J connectivity index is 1.91. The maximum atomic E-state index is 12.9. The molecule has 1 fully saturated rings. The third-order valence-electron chi connectivity index (χ3n) is 5.52. The van der Waals surface area contributed by atoms with Crippen molar-refractivity contribution in [3.05, 3.63) is 68.7 Å². The van der Waals surface area contributed by atoms with Crippen molar-refractivity contribution in [1.29, 1.82) is 0 Å². The molecule has 0 bridgehead atoms. The number of carbonyl (C=O) groups excluding carboxylic acids is 1. The standard InChI is InChI=1S/C21H12Cl2O7/c22-13-6-12-16(7-14(13)25)29-15-5-8(24)1-4-11(15)21(12)17-9(20(28)30-21)2-3-10(18(17)23)19(26)27/h1,3-7,9,24-25H,2H2,(H,26,27). The molecule has 2 unspecified atom stereocenters. The number of ether oxygens (including phenoxy) is 2. The molecular formula is C21H12Cl2O7. The zero-order valence-electron chi connectivity index (χ0n) is 15.0. The summed E-state index contributed by atoms with van der Waals surface area (Å²) in [6.07, 6.45) is 1.49. The largest absolute Gasteiger partial charge is 0.508 e. The van der Waals surface area contributed by atoms with Crippen LogP contribution in [-0.4, -0.2) is 27.3 Å². The van der Waals surface area contributed by atoms with Crippen molar-refractivity contribution >= 4 is 35.1 Å². The summed E-state index contributed by atoms with van der Waals surface area (Å²) < 4.78 is 11.8. The number of aromatic hydroxyl groups is 2. The average Bonchev–Trinajstić information content (AvgIpc) is 2.97. The molecule has 2 heterocycles. The predicted octanol–water partition coefficient (Wildman–Crippen LogP) is 4.18. The first-order valence-corrected chi connectivity index (χ1v) is 9.60. The van der Waals surface area contributed by atoms with E-state index in [-0.39, 0.29) is 50.6 Å². The van der Waals surface area contributed by atoms with Crippen LogP contribution in [0.3, 0.4) is 0 Å². The Morgan fingerprint density at radius 1 is 1.10 bits per heavy atom. The molecule has 5 rings (SSSR count). The minimum Gasteiger partial charge on any atom is -0.508 e. The van der Waals surface area contributed by atoms with Gasteiger partial charge in [-0.1, -0.05) is 29.3 Å².